The number of aliphatic carboxylic acids is 1. The number of nitrogens with zero attached hydrogens (tertiary/aromatic N) is 2. The second kappa shape index (κ2) is 4.37. The normalized spacial score (nSPS) is 10.5. The van der Waals surface area contributed by atoms with Crippen molar-refractivity contribution in [1.29, 1.82) is 0 Å². The van der Waals surface area contributed by atoms with Gasteiger partial charge >= 0.3 is 5.97 Å². The van der Waals surface area contributed by atoms with Crippen LogP contribution >= 0.6 is 0 Å². The van der Waals surface area contributed by atoms with Crippen molar-refractivity contribution < 1.29 is 9.90 Å². The third-order valence-electron chi connectivity index (χ3n) is 2.48. The predicted octanol–water partition coefficient (Wildman–Crippen LogP) is 1.72. The number of benzene rings is 1. The van der Waals surface area contributed by atoms with Crippen molar-refractivity contribution in [2.75, 3.05) is 0 Å². The Morgan fingerprint density at radius 2 is 2.18 bits per heavy atom. The molecule has 88 valence electrons. The summed E-state index contributed by atoms with van der Waals surface area (Å²) in [6.07, 6.45) is -0.141. The molecule has 17 heavy (non-hydrogen) atoms. The number of hydrogen-bond acceptors (Lipinski definition) is 3. The van der Waals surface area contributed by atoms with E-state index in [1.807, 2.05) is 32.0 Å². The van der Waals surface area contributed by atoms with E-state index in [4.69, 9.17) is 5.11 Å². The van der Waals surface area contributed by atoms with E-state index in [9.17, 15) is 4.79 Å². The highest BCUT2D eigenvalue weighted by Gasteiger charge is 2.10. The standard InChI is InChI=1S/C12H13N3O2/c1-7-3-4-8(2)9(5-7)12-13-10(14-15-12)6-11(16)17/h3-5H,6H2,1-2H3,(H,16,17)(H,13,14,15). The smallest absolute Gasteiger partial charge is 0.311 e. The second-order valence-electron chi connectivity index (χ2n) is 3.99. The molecule has 0 aliphatic carbocycles. The van der Waals surface area contributed by atoms with E-state index >= 15 is 0 Å². The van der Waals surface area contributed by atoms with Crippen molar-refractivity contribution in [3.8, 4) is 11.4 Å². The maximum Gasteiger partial charge on any atom is 0.311 e. The van der Waals surface area contributed by atoms with Crippen LogP contribution in [0.15, 0.2) is 18.2 Å². The molecule has 5 heteroatoms. The van der Waals surface area contributed by atoms with Crippen molar-refractivity contribution in [2.24, 2.45) is 0 Å². The fourth-order valence-electron chi connectivity index (χ4n) is 1.61. The molecule has 1 aromatic heterocycles. The quantitative estimate of drug-likeness (QED) is 0.842. The van der Waals surface area contributed by atoms with E-state index in [-0.39, 0.29) is 6.42 Å². The minimum Gasteiger partial charge on any atom is -0.481 e. The van der Waals surface area contributed by atoms with E-state index in [1.54, 1.807) is 0 Å². The summed E-state index contributed by atoms with van der Waals surface area (Å²) < 4.78 is 0. The molecule has 0 unspecified atom stereocenters. The molecule has 0 bridgehead atoms. The number of rotatable bonds is 3. The van der Waals surface area contributed by atoms with E-state index in [0.29, 0.717) is 11.6 Å². The third-order valence-corrected chi connectivity index (χ3v) is 2.48. The fraction of sp³-hybridized carbons (Fsp3) is 0.250. The lowest BCUT2D eigenvalue weighted by Crippen LogP contribution is -2.01. The summed E-state index contributed by atoms with van der Waals surface area (Å²) in [5.74, 6) is -0.00970. The first-order valence-corrected chi connectivity index (χ1v) is 5.27. The van der Waals surface area contributed by atoms with Crippen LogP contribution in [0.3, 0.4) is 0 Å². The van der Waals surface area contributed by atoms with Gasteiger partial charge in [-0.3, -0.25) is 9.89 Å². The Labute approximate surface area is 98.5 Å². The Kier molecular flexibility index (Phi) is 2.91. The molecule has 0 saturated carbocycles. The summed E-state index contributed by atoms with van der Waals surface area (Å²) >= 11 is 0. The molecular formula is C12H13N3O2. The number of nitrogens with one attached hydrogen (secondary N) is 1. The van der Waals surface area contributed by atoms with Crippen LogP contribution in [0.2, 0.25) is 0 Å². The Balaban J connectivity index is 2.36. The van der Waals surface area contributed by atoms with Gasteiger partial charge in [-0.1, -0.05) is 17.7 Å². The largest absolute Gasteiger partial charge is 0.481 e. The number of hydrogen-bond donors (Lipinski definition) is 2. The highest BCUT2D eigenvalue weighted by atomic mass is 16.4. The van der Waals surface area contributed by atoms with Crippen molar-refractivity contribution in [2.45, 2.75) is 20.3 Å². The van der Waals surface area contributed by atoms with Crippen LogP contribution in [0.25, 0.3) is 11.4 Å². The minimum atomic E-state index is -0.923. The van der Waals surface area contributed by atoms with Crippen molar-refractivity contribution in [1.82, 2.24) is 15.2 Å². The molecule has 0 atom stereocenters. The molecule has 0 spiro atoms. The molecule has 0 aliphatic heterocycles. The second-order valence-corrected chi connectivity index (χ2v) is 3.99. The SMILES string of the molecule is Cc1ccc(C)c(-c2n[nH]c(CC(=O)O)n2)c1. The molecule has 0 saturated heterocycles. The maximum absolute atomic E-state index is 10.5. The van der Waals surface area contributed by atoms with Gasteiger partial charge < -0.3 is 5.11 Å². The Bertz CT molecular complexity index is 561. The van der Waals surface area contributed by atoms with E-state index < -0.39 is 5.97 Å². The van der Waals surface area contributed by atoms with Crippen LogP contribution in [0, 0.1) is 13.8 Å². The summed E-state index contributed by atoms with van der Waals surface area (Å²) in [5.41, 5.74) is 3.12. The molecule has 2 rings (SSSR count). The summed E-state index contributed by atoms with van der Waals surface area (Å²) in [4.78, 5) is 14.7. The van der Waals surface area contributed by atoms with Crippen LogP contribution in [-0.4, -0.2) is 26.3 Å². The van der Waals surface area contributed by atoms with Gasteiger partial charge in [0, 0.05) is 5.56 Å². The van der Waals surface area contributed by atoms with E-state index in [0.717, 1.165) is 16.7 Å². The number of aromatic nitrogens is 3. The van der Waals surface area contributed by atoms with Crippen LogP contribution in [-0.2, 0) is 11.2 Å². The number of H-pyrrole nitrogens is 1. The molecule has 5 nitrogen and oxygen atoms in total. The van der Waals surface area contributed by atoms with Crippen molar-refractivity contribution >= 4 is 5.97 Å². The van der Waals surface area contributed by atoms with Crippen LogP contribution in [0.1, 0.15) is 17.0 Å². The van der Waals surface area contributed by atoms with Gasteiger partial charge in [0.1, 0.15) is 12.2 Å². The molecule has 2 N–H and O–H groups in total. The molecule has 0 aliphatic rings. The predicted molar refractivity (Wildman–Crippen MR) is 62.6 cm³/mol. The van der Waals surface area contributed by atoms with E-state index in [1.165, 1.54) is 0 Å². The maximum atomic E-state index is 10.5. The van der Waals surface area contributed by atoms with Crippen molar-refractivity contribution in [3.05, 3.63) is 35.2 Å². The van der Waals surface area contributed by atoms with Gasteiger partial charge in [-0.25, -0.2) is 4.98 Å². The highest BCUT2D eigenvalue weighted by molar-refractivity contribution is 5.69. The molecule has 0 radical (unpaired) electrons. The lowest BCUT2D eigenvalue weighted by molar-refractivity contribution is -0.136. The third kappa shape index (κ3) is 2.50. The van der Waals surface area contributed by atoms with E-state index in [2.05, 4.69) is 15.2 Å². The first-order chi connectivity index (χ1) is 8.06. The molecular weight excluding hydrogens is 218 g/mol. The lowest BCUT2D eigenvalue weighted by Gasteiger charge is -2.02. The van der Waals surface area contributed by atoms with Crippen LogP contribution in [0.4, 0.5) is 0 Å². The molecule has 0 fully saturated rings. The Morgan fingerprint density at radius 3 is 2.88 bits per heavy atom. The molecule has 1 heterocycles. The first-order valence-electron chi connectivity index (χ1n) is 5.27. The summed E-state index contributed by atoms with van der Waals surface area (Å²) in [5, 5.41) is 15.3. The number of carboxylic acids is 1. The zero-order valence-electron chi connectivity index (χ0n) is 9.69. The minimum absolute atomic E-state index is 0.141. The number of carbonyl (C=O) groups is 1. The van der Waals surface area contributed by atoms with Crippen LogP contribution < -0.4 is 0 Å². The molecule has 1 aromatic carbocycles. The first kappa shape index (κ1) is 11.3. The Morgan fingerprint density at radius 1 is 1.41 bits per heavy atom. The molecule has 2 aromatic rings. The van der Waals surface area contributed by atoms with Gasteiger partial charge in [0.2, 0.25) is 0 Å². The van der Waals surface area contributed by atoms with Gasteiger partial charge in [0.25, 0.3) is 0 Å². The summed E-state index contributed by atoms with van der Waals surface area (Å²) in [6, 6.07) is 6.00. The topological polar surface area (TPSA) is 78.9 Å². The summed E-state index contributed by atoms with van der Waals surface area (Å²) in [7, 11) is 0. The fourth-order valence-corrected chi connectivity index (χ4v) is 1.61. The summed E-state index contributed by atoms with van der Waals surface area (Å²) in [6.45, 7) is 3.97. The number of carboxylic acid groups (broad SMARTS) is 1. The average molecular weight is 231 g/mol. The molecule has 0 amide bonds. The zero-order valence-corrected chi connectivity index (χ0v) is 9.69. The average Bonchev–Trinajstić information content (AvgIpc) is 2.69. The zero-order chi connectivity index (χ0) is 12.4. The van der Waals surface area contributed by atoms with Gasteiger partial charge in [-0.15, -0.1) is 0 Å². The monoisotopic (exact) mass is 231 g/mol. The number of aromatic amines is 1. The highest BCUT2D eigenvalue weighted by Crippen LogP contribution is 2.20. The Hall–Kier alpha value is -2.17. The van der Waals surface area contributed by atoms with Gasteiger partial charge in [-0.2, -0.15) is 5.10 Å². The van der Waals surface area contributed by atoms with Crippen LogP contribution in [0.5, 0.6) is 0 Å². The lowest BCUT2D eigenvalue weighted by atomic mass is 10.1. The number of aryl methyl sites for hydroxylation is 2. The van der Waals surface area contributed by atoms with Gasteiger partial charge in [-0.05, 0) is 25.5 Å². The van der Waals surface area contributed by atoms with Crippen molar-refractivity contribution in [3.63, 3.8) is 0 Å². The van der Waals surface area contributed by atoms with Gasteiger partial charge in [0.05, 0.1) is 0 Å². The van der Waals surface area contributed by atoms with Gasteiger partial charge in [0.15, 0.2) is 5.82 Å².